The van der Waals surface area contributed by atoms with Gasteiger partial charge in [0.05, 0.1) is 10.6 Å². The van der Waals surface area contributed by atoms with Crippen molar-refractivity contribution in [2.45, 2.75) is 367 Å². The van der Waals surface area contributed by atoms with Crippen LogP contribution in [0, 0.1) is 0 Å². The molecule has 0 aromatic heterocycles. The van der Waals surface area contributed by atoms with Crippen molar-refractivity contribution in [1.29, 1.82) is 0 Å². The molecule has 0 aliphatic rings. The minimum atomic E-state index is -1.89. The standard InChI is InChI=1S/C68H92O4P2.C42H63O3P/c1-61(2,3)47-29-37-57(53(41-47)65(13,14)15)69-73(70-58-38-30-48(62(4,5)6)42-54(58)66(16,17)18)51-33-25-45(26-34-51)46-27-35-52(36-28-46)74(71-59-39-31-49(63(7,8)9)43-55(59)67(19,20)21)72-60-40-32-50(64(10,11)12)44-56(60)68(22,23)24;1-37(2,3)28-19-22-34(31(25-28)40(10,11)12)43-46(44-35-23-20-29(38(4,5)6)26-32(35)41(13,14)15)45-36-24-21-30(39(7,8)9)27-33(36)42(16,17)18/h25-44H,1-24H3;19-27H,1-18H3. The van der Waals surface area contributed by atoms with Gasteiger partial charge in [0.1, 0.15) is 40.2 Å². The number of hydrogen-bond acceptors (Lipinski definition) is 7. The molecule has 9 rings (SSSR count). The van der Waals surface area contributed by atoms with E-state index in [2.05, 4.69) is 467 Å². The fraction of sp³-hybridized carbons (Fsp3) is 0.509. The van der Waals surface area contributed by atoms with Gasteiger partial charge in [-0.3, -0.25) is 0 Å². The summed E-state index contributed by atoms with van der Waals surface area (Å²) in [7, 11) is -5.14. The molecular formula is C110H155O7P3. The molecule has 0 N–H and O–H groups in total. The van der Waals surface area contributed by atoms with Crippen LogP contribution in [-0.2, 0) is 75.8 Å². The summed E-state index contributed by atoms with van der Waals surface area (Å²) in [6, 6.07) is 64.0. The van der Waals surface area contributed by atoms with Crippen LogP contribution in [0.3, 0.4) is 0 Å². The second-order valence-electron chi connectivity index (χ2n) is 47.9. The highest BCUT2D eigenvalue weighted by Crippen LogP contribution is 2.54. The van der Waals surface area contributed by atoms with Gasteiger partial charge in [0.25, 0.3) is 0 Å². The van der Waals surface area contributed by atoms with Gasteiger partial charge in [0.2, 0.25) is 0 Å². The summed E-state index contributed by atoms with van der Waals surface area (Å²) in [6.07, 6.45) is 0. The van der Waals surface area contributed by atoms with Crippen LogP contribution in [0.5, 0.6) is 40.2 Å². The molecule has 652 valence electrons. The largest absolute Gasteiger partial charge is 0.530 e. The third-order valence-electron chi connectivity index (χ3n) is 22.3. The van der Waals surface area contributed by atoms with Gasteiger partial charge in [-0.15, -0.1) is 0 Å². The van der Waals surface area contributed by atoms with Gasteiger partial charge in [-0.05, 0) is 193 Å². The van der Waals surface area contributed by atoms with E-state index in [1.54, 1.807) is 0 Å². The molecule has 0 heterocycles. The van der Waals surface area contributed by atoms with Crippen molar-refractivity contribution in [1.82, 2.24) is 0 Å². The Morgan fingerprint density at radius 2 is 0.283 bits per heavy atom. The maximum Gasteiger partial charge on any atom is 0.530 e. The average molecular weight is 1680 g/mol. The number of hydrogen-bond donors (Lipinski definition) is 0. The first-order valence-corrected chi connectivity index (χ1v) is 47.2. The van der Waals surface area contributed by atoms with Crippen LogP contribution < -0.4 is 42.3 Å². The van der Waals surface area contributed by atoms with Crippen molar-refractivity contribution in [3.8, 4) is 51.4 Å². The Balaban J connectivity index is 0.000000334. The Kier molecular flexibility index (Phi) is 29.1. The molecule has 0 radical (unpaired) electrons. The van der Waals surface area contributed by atoms with Crippen LogP contribution in [0.2, 0.25) is 0 Å². The first-order valence-electron chi connectivity index (χ1n) is 43.7. The number of benzene rings is 9. The Labute approximate surface area is 734 Å². The molecule has 120 heavy (non-hydrogen) atoms. The monoisotopic (exact) mass is 1680 g/mol. The predicted molar refractivity (Wildman–Crippen MR) is 523 cm³/mol. The van der Waals surface area contributed by atoms with E-state index in [0.29, 0.717) is 0 Å². The maximum absolute atomic E-state index is 7.20. The highest BCUT2D eigenvalue weighted by molar-refractivity contribution is 7.57. The summed E-state index contributed by atoms with van der Waals surface area (Å²) in [5.41, 5.74) is 18.2. The fourth-order valence-corrected chi connectivity index (χ4v) is 17.8. The highest BCUT2D eigenvalue weighted by atomic mass is 31.2. The van der Waals surface area contributed by atoms with Gasteiger partial charge in [-0.25, -0.2) is 0 Å². The molecule has 0 atom stereocenters. The van der Waals surface area contributed by atoms with Crippen molar-refractivity contribution in [2.75, 3.05) is 0 Å². The molecule has 0 amide bonds. The van der Waals surface area contributed by atoms with Gasteiger partial charge in [0, 0.05) is 38.9 Å². The highest BCUT2D eigenvalue weighted by Gasteiger charge is 2.37. The van der Waals surface area contributed by atoms with E-state index in [1.807, 2.05) is 0 Å². The fourth-order valence-electron chi connectivity index (χ4n) is 14.1. The van der Waals surface area contributed by atoms with E-state index < -0.39 is 25.4 Å². The summed E-state index contributed by atoms with van der Waals surface area (Å²) < 4.78 is 49.5. The summed E-state index contributed by atoms with van der Waals surface area (Å²) in [5.74, 6) is 5.76. The molecule has 7 nitrogen and oxygen atoms in total. The van der Waals surface area contributed by atoms with Crippen molar-refractivity contribution in [3.05, 3.63) is 254 Å². The van der Waals surface area contributed by atoms with Gasteiger partial charge in [-0.1, -0.05) is 400 Å². The molecule has 0 saturated carbocycles. The number of rotatable bonds is 17. The smallest absolute Gasteiger partial charge is 0.435 e. The summed E-state index contributed by atoms with van der Waals surface area (Å²) in [6.45, 7) is 94.6. The molecule has 10 heteroatoms. The van der Waals surface area contributed by atoms with E-state index in [9.17, 15) is 0 Å². The Bertz CT molecular complexity index is 4460. The van der Waals surface area contributed by atoms with E-state index in [0.717, 1.165) is 101 Å². The molecule has 0 aliphatic carbocycles. The van der Waals surface area contributed by atoms with Gasteiger partial charge in [0.15, 0.2) is 0 Å². The lowest BCUT2D eigenvalue weighted by Gasteiger charge is -2.31. The zero-order valence-electron chi connectivity index (χ0n) is 82.4. The van der Waals surface area contributed by atoms with Gasteiger partial charge >= 0.3 is 25.4 Å². The molecule has 0 bridgehead atoms. The predicted octanol–water partition coefficient (Wildman–Crippen LogP) is 33.2. The van der Waals surface area contributed by atoms with E-state index >= 15 is 0 Å². The molecule has 0 unspecified atom stereocenters. The van der Waals surface area contributed by atoms with Crippen LogP contribution in [0.15, 0.2) is 176 Å². The van der Waals surface area contributed by atoms with Crippen LogP contribution >= 0.6 is 25.4 Å². The maximum atomic E-state index is 7.20. The van der Waals surface area contributed by atoms with Gasteiger partial charge < -0.3 is 31.7 Å². The summed E-state index contributed by atoms with van der Waals surface area (Å²) in [4.78, 5) is 0. The lowest BCUT2D eigenvalue weighted by atomic mass is 9.80. The molecule has 0 spiro atoms. The Morgan fingerprint density at radius 3 is 0.408 bits per heavy atom. The molecule has 9 aromatic carbocycles. The van der Waals surface area contributed by atoms with Crippen LogP contribution in [0.4, 0.5) is 0 Å². The quantitative estimate of drug-likeness (QED) is 0.0842. The first-order chi connectivity index (χ1) is 54.3. The van der Waals surface area contributed by atoms with Crippen LogP contribution in [0.1, 0.15) is 369 Å². The first kappa shape index (κ1) is 98.3. The molecule has 9 aromatic rings. The Morgan fingerprint density at radius 1 is 0.150 bits per heavy atom. The lowest BCUT2D eigenvalue weighted by Crippen LogP contribution is -2.20. The van der Waals surface area contributed by atoms with Crippen molar-refractivity contribution >= 4 is 36.0 Å². The summed E-state index contributed by atoms with van der Waals surface area (Å²) in [5, 5.41) is 1.98. The second-order valence-corrected chi connectivity index (χ2v) is 51.7. The average Bonchev–Trinajstić information content (AvgIpc) is 0.794. The van der Waals surface area contributed by atoms with E-state index in [-0.39, 0.29) is 75.8 Å². The zero-order valence-corrected chi connectivity index (χ0v) is 85.1. The topological polar surface area (TPSA) is 64.6 Å². The second kappa shape index (κ2) is 35.5. The van der Waals surface area contributed by atoms with E-state index in [4.69, 9.17) is 31.7 Å². The zero-order chi connectivity index (χ0) is 90.6. The lowest BCUT2D eigenvalue weighted by molar-refractivity contribution is 0.371. The summed E-state index contributed by atoms with van der Waals surface area (Å²) >= 11 is 0. The van der Waals surface area contributed by atoms with Crippen LogP contribution in [0.25, 0.3) is 11.1 Å². The molecular weight excluding hydrogens is 1530 g/mol. The van der Waals surface area contributed by atoms with E-state index in [1.165, 1.54) is 38.9 Å². The van der Waals surface area contributed by atoms with Crippen molar-refractivity contribution in [2.24, 2.45) is 0 Å². The molecule has 0 aliphatic heterocycles. The van der Waals surface area contributed by atoms with Crippen molar-refractivity contribution in [3.63, 3.8) is 0 Å². The Hall–Kier alpha value is -7.13. The normalized spacial score (nSPS) is 13.5. The minimum Gasteiger partial charge on any atom is -0.435 e. The third-order valence-corrected chi connectivity index (χ3v) is 26.2. The molecule has 0 fully saturated rings. The SMILES string of the molecule is CC(C)(C)c1ccc(OP(Oc2ccc(C(C)(C)C)cc2C(C)(C)C)Oc2ccc(C(C)(C)C)cc2C(C)(C)C)c(C(C)(C)C)c1.CC(C)(C)c1ccc(OP(Oc2ccc(C(C)(C)C)cc2C(C)(C)C)c2ccc(-c3ccc(P(Oc4ccc(C(C)(C)C)cc4C(C)(C)C)Oc4ccc(C(C)(C)C)cc4C(C)(C)C)cc3)cc2)c(C(C)(C)C)c1. The molecule has 0 saturated heterocycles. The third kappa shape index (κ3) is 25.8. The van der Waals surface area contributed by atoms with Crippen molar-refractivity contribution < 1.29 is 31.7 Å². The minimum absolute atomic E-state index is 0.00545. The van der Waals surface area contributed by atoms with Gasteiger partial charge in [-0.2, -0.15) is 0 Å². The van der Waals surface area contributed by atoms with Crippen LogP contribution in [-0.4, -0.2) is 0 Å².